The van der Waals surface area contributed by atoms with Crippen molar-refractivity contribution in [3.8, 4) is 0 Å². The Morgan fingerprint density at radius 2 is 1.93 bits per heavy atom. The summed E-state index contributed by atoms with van der Waals surface area (Å²) in [5, 5.41) is 20.2. The number of ether oxygens (including phenoxy) is 1. The molecule has 150 valence electrons. The zero-order valence-corrected chi connectivity index (χ0v) is 17.0. The number of aliphatic hydroxyl groups is 2. The van der Waals surface area contributed by atoms with E-state index in [1.54, 1.807) is 0 Å². The number of nitrogen functional groups attached to an aromatic ring is 1. The monoisotopic (exact) mass is 449 g/mol. The number of aliphatic hydroxyl groups excluding tert-OH is 2. The van der Waals surface area contributed by atoms with Crippen LogP contribution in [0.5, 0.6) is 0 Å². The molecule has 0 aromatic carbocycles. The quantitative estimate of drug-likeness (QED) is 0.248. The van der Waals surface area contributed by atoms with Gasteiger partial charge in [0.05, 0.1) is 12.9 Å². The van der Waals surface area contributed by atoms with Crippen LogP contribution in [0.2, 0.25) is 0 Å². The van der Waals surface area contributed by atoms with Crippen LogP contribution in [0.15, 0.2) is 12.7 Å². The van der Waals surface area contributed by atoms with Crippen LogP contribution in [0.4, 0.5) is 5.82 Å². The van der Waals surface area contributed by atoms with Crippen molar-refractivity contribution in [2.45, 2.75) is 24.5 Å². The maximum absolute atomic E-state index is 11.3. The summed E-state index contributed by atoms with van der Waals surface area (Å²) in [6.07, 6.45) is -3.40. The van der Waals surface area contributed by atoms with E-state index in [1.807, 2.05) is 0 Å². The Balaban J connectivity index is 0.00000280. The van der Waals surface area contributed by atoms with Crippen molar-refractivity contribution in [1.29, 1.82) is 0 Å². The third kappa shape index (κ3) is 5.05. The molecular weight excluding hydrogens is 436 g/mol. The van der Waals surface area contributed by atoms with E-state index in [0.717, 1.165) is 6.33 Å². The molecule has 0 saturated carbocycles. The molecule has 1 fully saturated rings. The van der Waals surface area contributed by atoms with Crippen LogP contribution in [-0.4, -0.2) is 82.6 Å². The number of fused-ring (bicyclic) bond motifs is 1. The molecule has 6 atom stereocenters. The Morgan fingerprint density at radius 1 is 1.25 bits per heavy atom. The molecule has 0 bridgehead atoms. The summed E-state index contributed by atoms with van der Waals surface area (Å²) >= 11 is 0. The molecule has 15 nitrogen and oxygen atoms in total. The largest absolute Gasteiger partial charge is 2.00 e. The second-order valence-electron chi connectivity index (χ2n) is 5.42. The minimum atomic E-state index is -5.60. The molecule has 28 heavy (non-hydrogen) atoms. The fourth-order valence-electron chi connectivity index (χ4n) is 2.47. The zero-order chi connectivity index (χ0) is 20.0. The minimum Gasteiger partial charge on any atom is -0.756 e. The molecule has 3 rings (SSSR count). The zero-order valence-electron chi connectivity index (χ0n) is 13.8. The van der Waals surface area contributed by atoms with Crippen LogP contribution in [-0.2, 0) is 22.7 Å². The van der Waals surface area contributed by atoms with E-state index in [1.165, 1.54) is 10.9 Å². The van der Waals surface area contributed by atoms with E-state index in [-0.39, 0.29) is 40.0 Å². The Labute approximate surface area is 172 Å². The van der Waals surface area contributed by atoms with E-state index in [2.05, 4.69) is 23.8 Å². The number of rotatable bonds is 6. The van der Waals surface area contributed by atoms with Gasteiger partial charge in [-0.3, -0.25) is 13.7 Å². The van der Waals surface area contributed by atoms with Crippen molar-refractivity contribution in [1.82, 2.24) is 19.5 Å². The maximum Gasteiger partial charge on any atom is 2.00 e. The molecule has 1 saturated heterocycles. The Morgan fingerprint density at radius 3 is 2.57 bits per heavy atom. The number of phosphoric acid groups is 2. The number of phosphoric ester groups is 1. The molecular formula is C10H13MgN5O10P2. The van der Waals surface area contributed by atoms with E-state index in [4.69, 9.17) is 15.4 Å². The molecule has 0 amide bonds. The summed E-state index contributed by atoms with van der Waals surface area (Å²) in [4.78, 5) is 41.9. The molecule has 6 unspecified atom stereocenters. The molecule has 2 aromatic rings. The fraction of sp³-hybridized carbons (Fsp3) is 0.500. The average Bonchev–Trinajstić information content (AvgIpc) is 3.07. The molecule has 2 aromatic heterocycles. The summed E-state index contributed by atoms with van der Waals surface area (Å²) in [6, 6.07) is 0. The Bertz CT molecular complexity index is 938. The summed E-state index contributed by atoms with van der Waals surface area (Å²) < 4.78 is 36.1. The summed E-state index contributed by atoms with van der Waals surface area (Å²) in [5.41, 5.74) is 6.06. The van der Waals surface area contributed by atoms with Crippen LogP contribution < -0.4 is 15.5 Å². The maximum atomic E-state index is 11.3. The van der Waals surface area contributed by atoms with Crippen LogP contribution in [0.3, 0.4) is 0 Å². The van der Waals surface area contributed by atoms with Crippen molar-refractivity contribution in [3.05, 3.63) is 12.7 Å². The second kappa shape index (κ2) is 8.55. The second-order valence-corrected chi connectivity index (χ2v) is 8.17. The third-order valence-corrected chi connectivity index (χ3v) is 5.69. The smallest absolute Gasteiger partial charge is 0.756 e. The van der Waals surface area contributed by atoms with Crippen molar-refractivity contribution in [3.63, 3.8) is 0 Å². The molecule has 0 radical (unpaired) electrons. The SMILES string of the molecule is Nc1ncnc2c1ncn2C1OC(COP(=O)([O-])OP(=O)([O-])O)C(O)C1O.[Mg+2]. The van der Waals surface area contributed by atoms with Gasteiger partial charge in [-0.1, -0.05) is 0 Å². The van der Waals surface area contributed by atoms with Crippen molar-refractivity contribution >= 4 is 55.7 Å². The predicted molar refractivity (Wildman–Crippen MR) is 85.9 cm³/mol. The molecule has 3 heterocycles. The van der Waals surface area contributed by atoms with Crippen molar-refractivity contribution in [2.75, 3.05) is 12.3 Å². The number of nitrogens with two attached hydrogens (primary N) is 1. The molecule has 18 heteroatoms. The van der Waals surface area contributed by atoms with Gasteiger partial charge in [0.25, 0.3) is 15.6 Å². The first-order valence-corrected chi connectivity index (χ1v) is 10.1. The standard InChI is InChI=1S/C10H15N5O10P2.Mg/c11-8-5-9(13-2-12-8)15(3-14-5)10-7(17)6(16)4(24-10)1-23-27(21,22)25-26(18,19)20;/h2-4,6-7,10,16-17H,1H2,(H,21,22)(H2,11,12,13)(H2,18,19,20);/q;+2/p-2. The van der Waals surface area contributed by atoms with Gasteiger partial charge in [0.2, 0.25) is 0 Å². The predicted octanol–water partition coefficient (Wildman–Crippen LogP) is -3.39. The first-order chi connectivity index (χ1) is 12.5. The van der Waals surface area contributed by atoms with Gasteiger partial charge in [0.15, 0.2) is 17.7 Å². The van der Waals surface area contributed by atoms with Gasteiger partial charge in [-0.2, -0.15) is 0 Å². The number of imidazole rings is 1. The summed E-state index contributed by atoms with van der Waals surface area (Å²) in [7, 11) is -11.0. The molecule has 0 spiro atoms. The van der Waals surface area contributed by atoms with Crippen molar-refractivity contribution < 1.29 is 47.6 Å². The molecule has 0 aliphatic carbocycles. The summed E-state index contributed by atoms with van der Waals surface area (Å²) in [6.45, 7) is -0.904. The van der Waals surface area contributed by atoms with Gasteiger partial charge in [0.1, 0.15) is 30.2 Å². The number of anilines is 1. The molecule has 1 aliphatic heterocycles. The average molecular weight is 449 g/mol. The van der Waals surface area contributed by atoms with E-state index in [0.29, 0.717) is 0 Å². The molecule has 5 N–H and O–H groups in total. The van der Waals surface area contributed by atoms with E-state index >= 15 is 0 Å². The normalized spacial score (nSPS) is 29.2. The Kier molecular flexibility index (Phi) is 7.19. The van der Waals surface area contributed by atoms with Crippen LogP contribution in [0.1, 0.15) is 6.23 Å². The first kappa shape index (κ1) is 23.5. The first-order valence-electron chi connectivity index (χ1n) is 7.14. The van der Waals surface area contributed by atoms with Crippen molar-refractivity contribution in [2.24, 2.45) is 0 Å². The fourth-order valence-corrected chi connectivity index (χ4v) is 4.00. The van der Waals surface area contributed by atoms with Gasteiger partial charge in [-0.25, -0.2) is 19.3 Å². The number of nitrogens with zero attached hydrogens (tertiary/aromatic N) is 4. The van der Waals surface area contributed by atoms with Crippen LogP contribution >= 0.6 is 15.6 Å². The number of hydrogen-bond donors (Lipinski definition) is 4. The van der Waals surface area contributed by atoms with E-state index in [9.17, 15) is 29.1 Å². The third-order valence-electron chi connectivity index (χ3n) is 3.60. The van der Waals surface area contributed by atoms with Gasteiger partial charge < -0.3 is 39.9 Å². The van der Waals surface area contributed by atoms with E-state index < -0.39 is 46.8 Å². The van der Waals surface area contributed by atoms with Crippen LogP contribution in [0, 0.1) is 0 Å². The van der Waals surface area contributed by atoms with Gasteiger partial charge >= 0.3 is 23.1 Å². The topological polar surface area (TPSA) is 238 Å². The van der Waals surface area contributed by atoms with Crippen LogP contribution in [0.25, 0.3) is 11.2 Å². The van der Waals surface area contributed by atoms with Gasteiger partial charge in [-0.05, 0) is 0 Å². The van der Waals surface area contributed by atoms with Gasteiger partial charge in [0, 0.05) is 0 Å². The van der Waals surface area contributed by atoms with Gasteiger partial charge in [-0.15, -0.1) is 0 Å². The molecule has 1 aliphatic rings. The summed E-state index contributed by atoms with van der Waals surface area (Å²) in [5.74, 6) is 0.0714. The number of aromatic nitrogens is 4. The Hall–Kier alpha value is -0.744. The number of hydrogen-bond acceptors (Lipinski definition) is 13. The minimum absolute atomic E-state index is 0.